The van der Waals surface area contributed by atoms with E-state index in [1.807, 2.05) is 49.9 Å². The van der Waals surface area contributed by atoms with Crippen LogP contribution < -0.4 is 15.9 Å². The van der Waals surface area contributed by atoms with Crippen LogP contribution in [0.2, 0.25) is 0 Å². The Balaban J connectivity index is 1.47. The minimum Gasteiger partial charge on any atom is -0.444 e. The third kappa shape index (κ3) is 4.49. The summed E-state index contributed by atoms with van der Waals surface area (Å²) in [6.07, 6.45) is -0.524. The van der Waals surface area contributed by atoms with Gasteiger partial charge >= 0.3 is 11.8 Å². The first-order chi connectivity index (χ1) is 16.4. The van der Waals surface area contributed by atoms with Crippen LogP contribution in [0.5, 0.6) is 0 Å². The maximum Gasteiger partial charge on any atom is 0.407 e. The highest BCUT2D eigenvalue weighted by Gasteiger charge is 2.57. The molecule has 35 heavy (non-hydrogen) atoms. The van der Waals surface area contributed by atoms with Crippen molar-refractivity contribution < 1.29 is 18.3 Å². The number of imidazole rings is 1. The van der Waals surface area contributed by atoms with Gasteiger partial charge in [-0.15, -0.1) is 0 Å². The number of anilines is 2. The topological polar surface area (TPSA) is 81.4 Å². The molecule has 1 N–H and O–H groups in total. The molecule has 10 heteroatoms. The molecule has 5 rings (SSSR count). The van der Waals surface area contributed by atoms with E-state index in [9.17, 15) is 18.4 Å². The van der Waals surface area contributed by atoms with Crippen molar-refractivity contribution >= 4 is 28.8 Å². The standard InChI is InChI=1S/C25H29F2N5O3/c1-24(2,3)29-22(33)35-17-11-15-7-5-6-8-18(15)31(14-17)20-10-9-19-21(28-20)30(4)23(34)32(19)13-16-12-25(16,26)27/h5-10,16-17H,11-14H2,1-4H3,(H,29,33). The predicted octanol–water partition coefficient (Wildman–Crippen LogP) is 3.98. The number of benzene rings is 1. The lowest BCUT2D eigenvalue weighted by Gasteiger charge is -2.35. The second kappa shape index (κ2) is 8.07. The highest BCUT2D eigenvalue weighted by atomic mass is 19.3. The fourth-order valence-electron chi connectivity index (χ4n) is 4.62. The molecule has 2 aliphatic rings. The summed E-state index contributed by atoms with van der Waals surface area (Å²) in [6.45, 7) is 6.01. The Labute approximate surface area is 201 Å². The number of para-hydroxylation sites is 1. The van der Waals surface area contributed by atoms with Crippen molar-refractivity contribution in [3.05, 3.63) is 52.4 Å². The summed E-state index contributed by atoms with van der Waals surface area (Å²) < 4.78 is 35.5. The van der Waals surface area contributed by atoms with Crippen LogP contribution in [0.4, 0.5) is 25.1 Å². The number of alkyl halides is 2. The third-order valence-electron chi connectivity index (χ3n) is 6.47. The van der Waals surface area contributed by atoms with Crippen molar-refractivity contribution in [2.75, 3.05) is 11.4 Å². The Hall–Kier alpha value is -3.43. The molecule has 3 aromatic rings. The van der Waals surface area contributed by atoms with E-state index in [1.165, 1.54) is 9.13 Å². The Morgan fingerprint density at radius 1 is 1.23 bits per heavy atom. The largest absolute Gasteiger partial charge is 0.444 e. The molecule has 1 aliphatic carbocycles. The third-order valence-corrected chi connectivity index (χ3v) is 6.47. The number of nitrogens with zero attached hydrogens (tertiary/aromatic N) is 4. The van der Waals surface area contributed by atoms with Crippen molar-refractivity contribution in [3.8, 4) is 0 Å². The lowest BCUT2D eigenvalue weighted by molar-refractivity contribution is 0.0928. The molecule has 0 spiro atoms. The number of carbonyl (C=O) groups is 1. The van der Waals surface area contributed by atoms with Gasteiger partial charge < -0.3 is 15.0 Å². The molecule has 186 valence electrons. The zero-order chi connectivity index (χ0) is 25.1. The molecule has 8 nitrogen and oxygen atoms in total. The van der Waals surface area contributed by atoms with E-state index in [0.29, 0.717) is 29.9 Å². The second-order valence-corrected chi connectivity index (χ2v) is 10.5. The molecule has 2 aromatic heterocycles. The first-order valence-corrected chi connectivity index (χ1v) is 11.7. The Morgan fingerprint density at radius 3 is 2.63 bits per heavy atom. The van der Waals surface area contributed by atoms with Gasteiger partial charge in [0.25, 0.3) is 5.92 Å². The van der Waals surface area contributed by atoms with Gasteiger partial charge in [0, 0.05) is 43.6 Å². The van der Waals surface area contributed by atoms with Crippen molar-refractivity contribution in [2.45, 2.75) is 57.7 Å². The van der Waals surface area contributed by atoms with Gasteiger partial charge in [-0.3, -0.25) is 9.13 Å². The molecule has 1 amide bonds. The zero-order valence-corrected chi connectivity index (χ0v) is 20.2. The summed E-state index contributed by atoms with van der Waals surface area (Å²) >= 11 is 0. The number of halogens is 2. The smallest absolute Gasteiger partial charge is 0.407 e. The van der Waals surface area contributed by atoms with E-state index in [2.05, 4.69) is 5.32 Å². The Bertz CT molecular complexity index is 1360. The van der Waals surface area contributed by atoms with Crippen LogP contribution >= 0.6 is 0 Å². The van der Waals surface area contributed by atoms with Crippen LogP contribution in [0.1, 0.15) is 32.8 Å². The molecule has 1 fully saturated rings. The highest BCUT2D eigenvalue weighted by Crippen LogP contribution is 2.49. The molecule has 1 aromatic carbocycles. The molecule has 0 radical (unpaired) electrons. The Kier molecular flexibility index (Phi) is 5.37. The molecule has 1 saturated carbocycles. The number of aromatic nitrogens is 3. The van der Waals surface area contributed by atoms with Crippen LogP contribution in [-0.2, 0) is 24.8 Å². The van der Waals surface area contributed by atoms with Crippen LogP contribution in [0.15, 0.2) is 41.2 Å². The first kappa shape index (κ1) is 23.3. The van der Waals surface area contributed by atoms with Crippen LogP contribution in [-0.4, -0.2) is 44.3 Å². The number of hydrogen-bond acceptors (Lipinski definition) is 5. The first-order valence-electron chi connectivity index (χ1n) is 11.7. The maximum atomic E-state index is 13.5. The number of ether oxygens (including phenoxy) is 1. The van der Waals surface area contributed by atoms with Crippen molar-refractivity contribution in [1.29, 1.82) is 0 Å². The highest BCUT2D eigenvalue weighted by molar-refractivity contribution is 5.77. The second-order valence-electron chi connectivity index (χ2n) is 10.5. The average Bonchev–Trinajstić information content (AvgIpc) is 3.32. The van der Waals surface area contributed by atoms with Crippen molar-refractivity contribution in [3.63, 3.8) is 0 Å². The molecule has 2 atom stereocenters. The van der Waals surface area contributed by atoms with Gasteiger partial charge in [0.15, 0.2) is 5.65 Å². The van der Waals surface area contributed by atoms with Crippen molar-refractivity contribution in [2.24, 2.45) is 13.0 Å². The number of alkyl carbamates (subject to hydrolysis) is 1. The minimum absolute atomic E-state index is 0.0322. The van der Waals surface area contributed by atoms with Gasteiger partial charge in [0.05, 0.1) is 12.1 Å². The van der Waals surface area contributed by atoms with Crippen LogP contribution in [0.25, 0.3) is 11.2 Å². The summed E-state index contributed by atoms with van der Waals surface area (Å²) in [5, 5.41) is 2.82. The minimum atomic E-state index is -2.71. The number of rotatable bonds is 4. The van der Waals surface area contributed by atoms with Gasteiger partial charge in [-0.2, -0.15) is 0 Å². The number of carbonyl (C=O) groups excluding carboxylic acids is 1. The van der Waals surface area contributed by atoms with E-state index < -0.39 is 29.6 Å². The lowest BCUT2D eigenvalue weighted by atomic mass is 9.99. The van der Waals surface area contributed by atoms with Crippen LogP contribution in [0.3, 0.4) is 0 Å². The summed E-state index contributed by atoms with van der Waals surface area (Å²) in [5.74, 6) is -2.95. The van der Waals surface area contributed by atoms with Gasteiger partial charge in [0.1, 0.15) is 11.9 Å². The van der Waals surface area contributed by atoms with Gasteiger partial charge in [-0.1, -0.05) is 18.2 Å². The summed E-state index contributed by atoms with van der Waals surface area (Å²) in [7, 11) is 1.59. The number of fused-ring (bicyclic) bond motifs is 2. The van der Waals surface area contributed by atoms with E-state index in [1.54, 1.807) is 19.2 Å². The molecular formula is C25H29F2N5O3. The van der Waals surface area contributed by atoms with E-state index in [0.717, 1.165) is 11.3 Å². The molecule has 3 heterocycles. The van der Waals surface area contributed by atoms with Crippen molar-refractivity contribution in [1.82, 2.24) is 19.4 Å². The van der Waals surface area contributed by atoms with E-state index in [4.69, 9.17) is 9.72 Å². The quantitative estimate of drug-likeness (QED) is 0.605. The summed E-state index contributed by atoms with van der Waals surface area (Å²) in [5.41, 5.74) is 2.10. The summed E-state index contributed by atoms with van der Waals surface area (Å²) in [6, 6.07) is 11.4. The fraction of sp³-hybridized carbons (Fsp3) is 0.480. The zero-order valence-electron chi connectivity index (χ0n) is 20.2. The molecule has 0 saturated heterocycles. The number of hydrogen-bond donors (Lipinski definition) is 1. The predicted molar refractivity (Wildman–Crippen MR) is 128 cm³/mol. The molecule has 1 aliphatic heterocycles. The molecule has 2 unspecified atom stereocenters. The van der Waals surface area contributed by atoms with Crippen LogP contribution in [0, 0.1) is 5.92 Å². The monoisotopic (exact) mass is 485 g/mol. The number of pyridine rings is 1. The fourth-order valence-corrected chi connectivity index (χ4v) is 4.62. The Morgan fingerprint density at radius 2 is 1.94 bits per heavy atom. The lowest BCUT2D eigenvalue weighted by Crippen LogP contribution is -2.45. The molecular weight excluding hydrogens is 456 g/mol. The molecule has 0 bridgehead atoms. The van der Waals surface area contributed by atoms with Gasteiger partial charge in [-0.25, -0.2) is 23.4 Å². The van der Waals surface area contributed by atoms with Gasteiger partial charge in [-0.05, 0) is 44.5 Å². The number of nitrogens with one attached hydrogen (secondary N) is 1. The van der Waals surface area contributed by atoms with Gasteiger partial charge in [0.2, 0.25) is 0 Å². The number of amides is 1. The normalized spacial score (nSPS) is 21.0. The average molecular weight is 486 g/mol. The summed E-state index contributed by atoms with van der Waals surface area (Å²) in [4.78, 5) is 31.9. The SMILES string of the molecule is Cn1c(=O)n(CC2CC2(F)F)c2ccc(N3CC(OC(=O)NC(C)(C)C)Cc4ccccc43)nc21. The maximum absolute atomic E-state index is 13.5. The van der Waals surface area contributed by atoms with E-state index >= 15 is 0 Å². The number of aryl methyl sites for hydroxylation is 1. The van der Waals surface area contributed by atoms with E-state index in [-0.39, 0.29) is 18.7 Å².